The number of rotatable bonds is 5. The van der Waals surface area contributed by atoms with Crippen molar-refractivity contribution in [2.45, 2.75) is 6.61 Å². The molecule has 0 unspecified atom stereocenters. The lowest BCUT2D eigenvalue weighted by molar-refractivity contribution is 0.0699. The number of hydrogen-bond donors (Lipinski definition) is 2. The maximum absolute atomic E-state index is 11.9. The van der Waals surface area contributed by atoms with Gasteiger partial charge in [-0.15, -0.1) is 11.3 Å². The van der Waals surface area contributed by atoms with Gasteiger partial charge in [-0.2, -0.15) is 0 Å². The van der Waals surface area contributed by atoms with E-state index in [-0.39, 0.29) is 17.2 Å². The van der Waals surface area contributed by atoms with Crippen molar-refractivity contribution in [3.8, 4) is 11.3 Å². The molecule has 2 aromatic heterocycles. The van der Waals surface area contributed by atoms with Crippen molar-refractivity contribution in [2.24, 2.45) is 0 Å². The van der Waals surface area contributed by atoms with E-state index in [2.05, 4.69) is 5.32 Å². The average molecular weight is 343 g/mol. The molecule has 1 aromatic carbocycles. The van der Waals surface area contributed by atoms with Crippen LogP contribution in [0.1, 0.15) is 15.9 Å². The second-order valence-electron chi connectivity index (χ2n) is 4.82. The van der Waals surface area contributed by atoms with Gasteiger partial charge in [0.2, 0.25) is 0 Å². The molecule has 0 saturated carbocycles. The summed E-state index contributed by atoms with van der Waals surface area (Å²) in [6.07, 6.45) is 0.744. The maximum atomic E-state index is 11.9. The molecule has 0 fully saturated rings. The van der Waals surface area contributed by atoms with E-state index >= 15 is 0 Å². The van der Waals surface area contributed by atoms with Crippen LogP contribution in [0.15, 0.2) is 58.5 Å². The highest BCUT2D eigenvalue weighted by Gasteiger charge is 2.22. The minimum absolute atomic E-state index is 0.0217. The number of anilines is 1. The molecular formula is C17H13NO5S. The molecule has 0 radical (unpaired) electrons. The molecule has 3 rings (SSSR count). The molecule has 122 valence electrons. The predicted molar refractivity (Wildman–Crippen MR) is 89.2 cm³/mol. The van der Waals surface area contributed by atoms with E-state index in [1.54, 1.807) is 17.5 Å². The van der Waals surface area contributed by atoms with Gasteiger partial charge in [0.15, 0.2) is 0 Å². The van der Waals surface area contributed by atoms with E-state index in [4.69, 9.17) is 9.15 Å². The lowest BCUT2D eigenvalue weighted by atomic mass is 10.1. The third-order valence-corrected chi connectivity index (χ3v) is 4.12. The normalized spacial score (nSPS) is 10.3. The quantitative estimate of drug-likeness (QED) is 0.714. The number of amides is 1. The predicted octanol–water partition coefficient (Wildman–Crippen LogP) is 4.46. The van der Waals surface area contributed by atoms with Gasteiger partial charge in [0, 0.05) is 10.9 Å². The summed E-state index contributed by atoms with van der Waals surface area (Å²) in [4.78, 5) is 23.4. The Morgan fingerprint density at radius 3 is 2.62 bits per heavy atom. The summed E-state index contributed by atoms with van der Waals surface area (Å²) in [5, 5.41) is 13.7. The van der Waals surface area contributed by atoms with Gasteiger partial charge in [0.05, 0.1) is 6.26 Å². The zero-order chi connectivity index (χ0) is 16.9. The van der Waals surface area contributed by atoms with E-state index in [0.29, 0.717) is 11.3 Å². The number of nitrogens with one attached hydrogen (secondary N) is 1. The number of carboxylic acids is 1. The molecule has 1 amide bonds. The Morgan fingerprint density at radius 2 is 1.96 bits per heavy atom. The Bertz CT molecular complexity index is 839. The minimum atomic E-state index is -1.15. The molecule has 0 atom stereocenters. The lowest BCUT2D eigenvalue weighted by Gasteiger charge is -2.07. The summed E-state index contributed by atoms with van der Waals surface area (Å²) in [7, 11) is 0. The summed E-state index contributed by atoms with van der Waals surface area (Å²) in [6.45, 7) is 0.103. The summed E-state index contributed by atoms with van der Waals surface area (Å²) in [5.41, 5.74) is 1.23. The van der Waals surface area contributed by atoms with Crippen LogP contribution in [0.2, 0.25) is 0 Å². The number of thiophene rings is 1. The molecule has 24 heavy (non-hydrogen) atoms. The first-order valence-corrected chi connectivity index (χ1v) is 7.89. The fourth-order valence-electron chi connectivity index (χ4n) is 2.13. The fraction of sp³-hybridized carbons (Fsp3) is 0.0588. The molecule has 2 N–H and O–H groups in total. The Kier molecular flexibility index (Phi) is 4.62. The van der Waals surface area contributed by atoms with E-state index < -0.39 is 12.1 Å². The van der Waals surface area contributed by atoms with Crippen molar-refractivity contribution in [3.05, 3.63) is 65.2 Å². The van der Waals surface area contributed by atoms with Gasteiger partial charge < -0.3 is 14.3 Å². The SMILES string of the molecule is O=C(Nc1scc(-c2ccco2)c1C(=O)O)OCc1ccccc1. The molecule has 6 nitrogen and oxygen atoms in total. The number of aromatic carboxylic acids is 1. The number of carbonyl (C=O) groups is 2. The molecular weight excluding hydrogens is 330 g/mol. The summed E-state index contributed by atoms with van der Waals surface area (Å²) >= 11 is 1.10. The molecule has 0 aliphatic heterocycles. The molecule has 0 aliphatic rings. The fourth-order valence-corrected chi connectivity index (χ4v) is 3.05. The third kappa shape index (κ3) is 3.47. The minimum Gasteiger partial charge on any atom is -0.478 e. The monoisotopic (exact) mass is 343 g/mol. The summed E-state index contributed by atoms with van der Waals surface area (Å²) in [6, 6.07) is 12.5. The molecule has 0 aliphatic carbocycles. The van der Waals surface area contributed by atoms with Crippen LogP contribution in [0.5, 0.6) is 0 Å². The number of carboxylic acid groups (broad SMARTS) is 1. The van der Waals surface area contributed by atoms with E-state index in [9.17, 15) is 14.7 Å². The van der Waals surface area contributed by atoms with Gasteiger partial charge in [-0.05, 0) is 17.7 Å². The van der Waals surface area contributed by atoms with Crippen LogP contribution >= 0.6 is 11.3 Å². The molecule has 0 spiro atoms. The van der Waals surface area contributed by atoms with Crippen LogP contribution in [0, 0.1) is 0 Å². The van der Waals surface area contributed by atoms with Crippen molar-refractivity contribution in [2.75, 3.05) is 5.32 Å². The van der Waals surface area contributed by atoms with E-state index in [1.165, 1.54) is 6.26 Å². The zero-order valence-electron chi connectivity index (χ0n) is 12.4. The highest BCUT2D eigenvalue weighted by molar-refractivity contribution is 7.15. The smallest absolute Gasteiger partial charge is 0.412 e. The van der Waals surface area contributed by atoms with Crippen LogP contribution in [0.3, 0.4) is 0 Å². The van der Waals surface area contributed by atoms with Gasteiger partial charge in [-0.25, -0.2) is 9.59 Å². The number of benzene rings is 1. The van der Waals surface area contributed by atoms with Gasteiger partial charge in [-0.1, -0.05) is 30.3 Å². The van der Waals surface area contributed by atoms with Crippen molar-refractivity contribution in [1.29, 1.82) is 0 Å². The van der Waals surface area contributed by atoms with Crippen LogP contribution in [-0.2, 0) is 11.3 Å². The number of ether oxygens (including phenoxy) is 1. The van der Waals surface area contributed by atoms with E-state index in [0.717, 1.165) is 16.9 Å². The third-order valence-electron chi connectivity index (χ3n) is 3.22. The lowest BCUT2D eigenvalue weighted by Crippen LogP contribution is -2.14. The summed E-state index contributed by atoms with van der Waals surface area (Å²) in [5.74, 6) is -0.727. The van der Waals surface area contributed by atoms with E-state index in [1.807, 2.05) is 30.3 Å². The Labute approximate surface area is 141 Å². The van der Waals surface area contributed by atoms with Gasteiger partial charge in [0.1, 0.15) is 22.9 Å². The molecule has 2 heterocycles. The average Bonchev–Trinajstić information content (AvgIpc) is 3.23. The first kappa shape index (κ1) is 15.8. The van der Waals surface area contributed by atoms with Crippen molar-refractivity contribution in [1.82, 2.24) is 0 Å². The number of furan rings is 1. The number of carbonyl (C=O) groups excluding carboxylic acids is 1. The standard InChI is InChI=1S/C17H13NO5S/c19-16(20)14-12(13-7-4-8-22-13)10-24-15(14)18-17(21)23-9-11-5-2-1-3-6-11/h1-8,10H,9H2,(H,18,21)(H,19,20). The molecule has 3 aromatic rings. The Morgan fingerprint density at radius 1 is 1.17 bits per heavy atom. The van der Waals surface area contributed by atoms with Crippen molar-refractivity contribution in [3.63, 3.8) is 0 Å². The first-order valence-electron chi connectivity index (χ1n) is 7.01. The molecule has 0 bridgehead atoms. The van der Waals surface area contributed by atoms with Crippen LogP contribution < -0.4 is 5.32 Å². The Hall–Kier alpha value is -3.06. The van der Waals surface area contributed by atoms with Crippen LogP contribution in [0.4, 0.5) is 9.80 Å². The highest BCUT2D eigenvalue weighted by Crippen LogP contribution is 2.35. The maximum Gasteiger partial charge on any atom is 0.412 e. The first-order chi connectivity index (χ1) is 11.6. The molecule has 0 saturated heterocycles. The number of hydrogen-bond acceptors (Lipinski definition) is 5. The highest BCUT2D eigenvalue weighted by atomic mass is 32.1. The van der Waals surface area contributed by atoms with Gasteiger partial charge in [0.25, 0.3) is 0 Å². The van der Waals surface area contributed by atoms with Gasteiger partial charge >= 0.3 is 12.1 Å². The topological polar surface area (TPSA) is 88.8 Å². The largest absolute Gasteiger partial charge is 0.478 e. The van der Waals surface area contributed by atoms with Crippen molar-refractivity contribution >= 4 is 28.4 Å². The second kappa shape index (κ2) is 7.01. The Balaban J connectivity index is 1.73. The van der Waals surface area contributed by atoms with Gasteiger partial charge in [-0.3, -0.25) is 5.32 Å². The summed E-state index contributed by atoms with van der Waals surface area (Å²) < 4.78 is 10.3. The van der Waals surface area contributed by atoms with Crippen LogP contribution in [-0.4, -0.2) is 17.2 Å². The molecule has 7 heteroatoms. The zero-order valence-corrected chi connectivity index (χ0v) is 13.2. The van der Waals surface area contributed by atoms with Crippen molar-refractivity contribution < 1.29 is 23.8 Å². The van der Waals surface area contributed by atoms with Crippen LogP contribution in [0.25, 0.3) is 11.3 Å². The second-order valence-corrected chi connectivity index (χ2v) is 5.70.